The monoisotopic (exact) mass is 266 g/mol. The van der Waals surface area contributed by atoms with E-state index in [1.165, 1.54) is 31.3 Å². The molecule has 0 fully saturated rings. The molecule has 1 aromatic rings. The van der Waals surface area contributed by atoms with E-state index in [1.54, 1.807) is 0 Å². The fourth-order valence-corrected chi connectivity index (χ4v) is 1.74. The van der Waals surface area contributed by atoms with Crippen molar-refractivity contribution in [2.24, 2.45) is 0 Å². The Morgan fingerprint density at radius 2 is 1.78 bits per heavy atom. The van der Waals surface area contributed by atoms with Crippen molar-refractivity contribution in [3.8, 4) is 0 Å². The van der Waals surface area contributed by atoms with Gasteiger partial charge in [0.1, 0.15) is 0 Å². The van der Waals surface area contributed by atoms with Gasteiger partial charge in [0.25, 0.3) is 5.91 Å². The average Bonchev–Trinajstić information content (AvgIpc) is 2.36. The molecule has 1 unspecified atom stereocenters. The Hall–Kier alpha value is -1.79. The zero-order valence-corrected chi connectivity index (χ0v) is 10.6. The van der Waals surface area contributed by atoms with Crippen LogP contribution in [0.15, 0.2) is 36.4 Å². The third-order valence-corrected chi connectivity index (χ3v) is 2.83. The van der Waals surface area contributed by atoms with Gasteiger partial charge in [-0.25, -0.2) is 0 Å². The number of carbonyl (C=O) groups is 2. The molecular formula is C12H12NO4S-. The van der Waals surface area contributed by atoms with Crippen LogP contribution in [0.1, 0.15) is 20.7 Å². The zero-order chi connectivity index (χ0) is 13.7. The second-order valence-corrected chi connectivity index (χ2v) is 4.43. The van der Waals surface area contributed by atoms with E-state index >= 15 is 0 Å². The lowest BCUT2D eigenvalue weighted by Gasteiger charge is -2.07. The molecule has 0 saturated carbocycles. The van der Waals surface area contributed by atoms with Gasteiger partial charge in [-0.3, -0.25) is 13.8 Å². The Morgan fingerprint density at radius 3 is 2.22 bits per heavy atom. The molecule has 1 rings (SSSR count). The first kappa shape index (κ1) is 14.3. The van der Waals surface area contributed by atoms with Gasteiger partial charge in [0.15, 0.2) is 5.78 Å². The highest BCUT2D eigenvalue weighted by Crippen LogP contribution is 2.10. The van der Waals surface area contributed by atoms with Crippen LogP contribution in [-0.2, 0) is 11.1 Å². The van der Waals surface area contributed by atoms with Crippen molar-refractivity contribution in [1.29, 1.82) is 0 Å². The number of benzene rings is 1. The molecule has 1 N–H and O–H groups in total. The lowest BCUT2D eigenvalue weighted by atomic mass is 10.0. The number of Topliss-reactive ketones (excluding diaryl/α,β-unsaturated/α-hetero) is 1. The van der Waals surface area contributed by atoms with Crippen LogP contribution in [0.2, 0.25) is 0 Å². The summed E-state index contributed by atoms with van der Waals surface area (Å²) in [5.74, 6) is -1.09. The van der Waals surface area contributed by atoms with Crippen molar-refractivity contribution < 1.29 is 18.4 Å². The molecule has 6 heteroatoms. The molecule has 0 saturated heterocycles. The van der Waals surface area contributed by atoms with Gasteiger partial charge < -0.3 is 9.87 Å². The molecule has 1 aromatic carbocycles. The summed E-state index contributed by atoms with van der Waals surface area (Å²) in [6.07, 6.45) is 0. The molecule has 0 aliphatic carbocycles. The van der Waals surface area contributed by atoms with Crippen LogP contribution in [0.5, 0.6) is 0 Å². The largest absolute Gasteiger partial charge is 0.772 e. The summed E-state index contributed by atoms with van der Waals surface area (Å²) in [7, 11) is 1.51. The quantitative estimate of drug-likeness (QED) is 0.482. The minimum atomic E-state index is -2.34. The first-order valence-electron chi connectivity index (χ1n) is 5.06. The highest BCUT2D eigenvalue weighted by molar-refractivity contribution is 7.79. The predicted octanol–water partition coefficient (Wildman–Crippen LogP) is 0.664. The van der Waals surface area contributed by atoms with Gasteiger partial charge in [0.05, 0.1) is 0 Å². The average molecular weight is 266 g/mol. The molecule has 0 radical (unpaired) electrons. The fraction of sp³-hybridized carbons (Fsp3) is 0.167. The maximum absolute atomic E-state index is 11.8. The Balaban J connectivity index is 2.85. The SMILES string of the molecule is C=C(CS(=O)[O-])C(=O)c1ccc(C(=O)NC)cc1. The molecular weight excluding hydrogens is 254 g/mol. The summed E-state index contributed by atoms with van der Waals surface area (Å²) in [5.41, 5.74) is 0.723. The van der Waals surface area contributed by atoms with Gasteiger partial charge in [0.2, 0.25) is 0 Å². The molecule has 0 heterocycles. The van der Waals surface area contributed by atoms with Gasteiger partial charge >= 0.3 is 0 Å². The van der Waals surface area contributed by atoms with Crippen molar-refractivity contribution >= 4 is 22.8 Å². The molecule has 0 spiro atoms. The lowest BCUT2D eigenvalue weighted by molar-refractivity contribution is 0.0961. The van der Waals surface area contributed by atoms with Gasteiger partial charge in [-0.2, -0.15) is 0 Å². The van der Waals surface area contributed by atoms with Crippen LogP contribution in [0.25, 0.3) is 0 Å². The number of ketones is 1. The molecule has 1 atom stereocenters. The smallest absolute Gasteiger partial charge is 0.251 e. The zero-order valence-electron chi connectivity index (χ0n) is 9.76. The Morgan fingerprint density at radius 1 is 1.28 bits per heavy atom. The van der Waals surface area contributed by atoms with Gasteiger partial charge in [-0.1, -0.05) is 29.8 Å². The molecule has 0 aliphatic rings. The highest BCUT2D eigenvalue weighted by Gasteiger charge is 2.11. The first-order valence-corrected chi connectivity index (χ1v) is 6.30. The molecule has 0 aromatic heterocycles. The third-order valence-electron chi connectivity index (χ3n) is 2.25. The van der Waals surface area contributed by atoms with Gasteiger partial charge in [-0.05, 0) is 12.1 Å². The van der Waals surface area contributed by atoms with Crippen LogP contribution in [0, 0.1) is 0 Å². The number of nitrogens with one attached hydrogen (secondary N) is 1. The van der Waals surface area contributed by atoms with Crippen molar-refractivity contribution in [3.63, 3.8) is 0 Å². The van der Waals surface area contributed by atoms with Crippen LogP contribution < -0.4 is 5.32 Å². The first-order chi connectivity index (χ1) is 8.45. The lowest BCUT2D eigenvalue weighted by Crippen LogP contribution is -2.18. The predicted molar refractivity (Wildman–Crippen MR) is 67.1 cm³/mol. The molecule has 5 nitrogen and oxygen atoms in total. The van der Waals surface area contributed by atoms with E-state index in [1.807, 2.05) is 0 Å². The Bertz CT molecular complexity index is 507. The van der Waals surface area contributed by atoms with Crippen molar-refractivity contribution in [2.45, 2.75) is 0 Å². The van der Waals surface area contributed by atoms with Crippen LogP contribution in [0.3, 0.4) is 0 Å². The highest BCUT2D eigenvalue weighted by atomic mass is 32.2. The second kappa shape index (κ2) is 6.23. The summed E-state index contributed by atoms with van der Waals surface area (Å²) in [4.78, 5) is 23.0. The van der Waals surface area contributed by atoms with Crippen molar-refractivity contribution in [3.05, 3.63) is 47.5 Å². The minimum absolute atomic E-state index is 0.00368. The molecule has 18 heavy (non-hydrogen) atoms. The maximum atomic E-state index is 11.8. The number of hydrogen-bond acceptors (Lipinski definition) is 4. The number of rotatable bonds is 5. The second-order valence-electron chi connectivity index (χ2n) is 3.54. The van der Waals surface area contributed by atoms with E-state index in [2.05, 4.69) is 11.9 Å². The van der Waals surface area contributed by atoms with Crippen molar-refractivity contribution in [1.82, 2.24) is 5.32 Å². The standard InChI is InChI=1S/C12H13NO4S/c1-8(7-18(16)17)11(14)9-3-5-10(6-4-9)12(15)13-2/h3-6H,1,7H2,2H3,(H,13,15)(H,16,17)/p-1. The molecule has 0 aliphatic heterocycles. The van der Waals surface area contributed by atoms with E-state index < -0.39 is 22.6 Å². The number of amides is 1. The summed E-state index contributed by atoms with van der Waals surface area (Å²) < 4.78 is 20.9. The van der Waals surface area contributed by atoms with Crippen molar-refractivity contribution in [2.75, 3.05) is 12.8 Å². The normalized spacial score (nSPS) is 11.7. The van der Waals surface area contributed by atoms with Gasteiger partial charge in [0, 0.05) is 29.5 Å². The van der Waals surface area contributed by atoms with Crippen LogP contribution in [0.4, 0.5) is 0 Å². The molecule has 0 bridgehead atoms. The molecule has 1 amide bonds. The Kier molecular flexibility index (Phi) is 4.94. The Labute approximate surface area is 107 Å². The van der Waals surface area contributed by atoms with E-state index in [4.69, 9.17) is 0 Å². The summed E-state index contributed by atoms with van der Waals surface area (Å²) >= 11 is -2.34. The maximum Gasteiger partial charge on any atom is 0.251 e. The van der Waals surface area contributed by atoms with E-state index in [0.29, 0.717) is 11.1 Å². The number of hydrogen-bond donors (Lipinski definition) is 1. The summed E-state index contributed by atoms with van der Waals surface area (Å²) in [5, 5.41) is 2.46. The van der Waals surface area contributed by atoms with E-state index in [-0.39, 0.29) is 11.5 Å². The molecule has 96 valence electrons. The minimum Gasteiger partial charge on any atom is -0.772 e. The van der Waals surface area contributed by atoms with Crippen LogP contribution >= 0.6 is 0 Å². The number of carbonyl (C=O) groups excluding carboxylic acids is 2. The van der Waals surface area contributed by atoms with E-state index in [0.717, 1.165) is 0 Å². The van der Waals surface area contributed by atoms with Gasteiger partial charge in [-0.15, -0.1) is 0 Å². The topological polar surface area (TPSA) is 86.3 Å². The summed E-state index contributed by atoms with van der Waals surface area (Å²) in [6.45, 7) is 3.42. The summed E-state index contributed by atoms with van der Waals surface area (Å²) in [6, 6.07) is 5.92. The van der Waals surface area contributed by atoms with E-state index in [9.17, 15) is 18.4 Å². The third kappa shape index (κ3) is 3.61. The fourth-order valence-electron chi connectivity index (χ4n) is 1.33. The van der Waals surface area contributed by atoms with Crippen LogP contribution in [-0.4, -0.2) is 33.3 Å².